The number of hydrogen-bond donors (Lipinski definition) is 2. The molecule has 0 saturated heterocycles. The van der Waals surface area contributed by atoms with Crippen molar-refractivity contribution < 1.29 is 24.3 Å². The van der Waals surface area contributed by atoms with Gasteiger partial charge in [0.2, 0.25) is 5.91 Å². The summed E-state index contributed by atoms with van der Waals surface area (Å²) in [6.07, 6.45) is 6.36. The van der Waals surface area contributed by atoms with Gasteiger partial charge in [0.25, 0.3) is 11.8 Å². The predicted octanol–water partition coefficient (Wildman–Crippen LogP) is 2.94. The molecule has 1 heterocycles. The number of benzene rings is 1. The van der Waals surface area contributed by atoms with Crippen LogP contribution in [0.4, 0.5) is 5.69 Å². The number of aliphatic carboxylic acids is 1. The first-order chi connectivity index (χ1) is 13.3. The first kappa shape index (κ1) is 21.1. The average Bonchev–Trinajstić information content (AvgIpc) is 2.95. The van der Waals surface area contributed by atoms with Gasteiger partial charge in [-0.05, 0) is 42.0 Å². The van der Waals surface area contributed by atoms with Gasteiger partial charge in [-0.15, -0.1) is 0 Å². The van der Waals surface area contributed by atoms with Gasteiger partial charge >= 0.3 is 5.97 Å². The number of unbranched alkanes of at least 4 members (excludes halogenated alkanes) is 1. The molecule has 148 valence electrons. The van der Waals surface area contributed by atoms with Crippen LogP contribution in [0.1, 0.15) is 50.2 Å². The van der Waals surface area contributed by atoms with Crippen molar-refractivity contribution in [3.63, 3.8) is 0 Å². The van der Waals surface area contributed by atoms with E-state index in [1.54, 1.807) is 6.07 Å². The number of imide groups is 1. The molecular formula is C21H24N2O5. The van der Waals surface area contributed by atoms with Crippen LogP contribution in [-0.2, 0) is 19.2 Å². The van der Waals surface area contributed by atoms with E-state index in [4.69, 9.17) is 5.11 Å². The Bertz CT molecular complexity index is 821. The van der Waals surface area contributed by atoms with Crippen LogP contribution in [0.25, 0.3) is 6.08 Å². The first-order valence-corrected chi connectivity index (χ1v) is 9.16. The highest BCUT2D eigenvalue weighted by Gasteiger charge is 2.22. The van der Waals surface area contributed by atoms with E-state index in [1.165, 1.54) is 18.2 Å². The third-order valence-corrected chi connectivity index (χ3v) is 4.33. The van der Waals surface area contributed by atoms with Crippen LogP contribution >= 0.6 is 0 Å². The molecule has 2 rings (SSSR count). The van der Waals surface area contributed by atoms with Crippen molar-refractivity contribution in [1.29, 1.82) is 0 Å². The van der Waals surface area contributed by atoms with Crippen molar-refractivity contribution in [2.75, 3.05) is 11.9 Å². The first-order valence-electron chi connectivity index (χ1n) is 9.16. The van der Waals surface area contributed by atoms with E-state index in [1.807, 2.05) is 26.0 Å². The van der Waals surface area contributed by atoms with Gasteiger partial charge in [0.15, 0.2) is 0 Å². The molecule has 0 unspecified atom stereocenters. The minimum atomic E-state index is -1.04. The third-order valence-electron chi connectivity index (χ3n) is 4.33. The zero-order valence-corrected chi connectivity index (χ0v) is 16.0. The molecular weight excluding hydrogens is 360 g/mol. The third kappa shape index (κ3) is 5.90. The summed E-state index contributed by atoms with van der Waals surface area (Å²) < 4.78 is 0. The number of carboxylic acids is 1. The second kappa shape index (κ2) is 9.64. The lowest BCUT2D eigenvalue weighted by Gasteiger charge is -2.15. The Morgan fingerprint density at radius 3 is 2.43 bits per heavy atom. The summed E-state index contributed by atoms with van der Waals surface area (Å²) in [7, 11) is 0. The van der Waals surface area contributed by atoms with Gasteiger partial charge in [-0.2, -0.15) is 0 Å². The summed E-state index contributed by atoms with van der Waals surface area (Å²) in [6.45, 7) is 4.32. The molecule has 3 amide bonds. The summed E-state index contributed by atoms with van der Waals surface area (Å²) in [5.41, 5.74) is 2.29. The Morgan fingerprint density at radius 1 is 1.14 bits per heavy atom. The number of carbonyl (C=O) groups excluding carboxylic acids is 3. The highest BCUT2D eigenvalue weighted by Crippen LogP contribution is 2.26. The van der Waals surface area contributed by atoms with Gasteiger partial charge in [-0.1, -0.05) is 26.0 Å². The highest BCUT2D eigenvalue weighted by molar-refractivity contribution is 6.12. The van der Waals surface area contributed by atoms with Gasteiger partial charge in [-0.3, -0.25) is 19.3 Å². The van der Waals surface area contributed by atoms with Crippen molar-refractivity contribution in [3.05, 3.63) is 47.6 Å². The lowest BCUT2D eigenvalue weighted by Crippen LogP contribution is -2.30. The molecule has 28 heavy (non-hydrogen) atoms. The molecule has 7 nitrogen and oxygen atoms in total. The van der Waals surface area contributed by atoms with Crippen LogP contribution in [0.3, 0.4) is 0 Å². The van der Waals surface area contributed by atoms with E-state index in [0.717, 1.165) is 16.5 Å². The normalized spacial score (nSPS) is 13.8. The topological polar surface area (TPSA) is 104 Å². The number of amides is 3. The molecule has 1 aliphatic rings. The number of carboxylic acid groups (broad SMARTS) is 1. The highest BCUT2D eigenvalue weighted by atomic mass is 16.4. The zero-order valence-electron chi connectivity index (χ0n) is 16.0. The number of nitrogens with one attached hydrogen (secondary N) is 1. The molecule has 1 aromatic carbocycles. The van der Waals surface area contributed by atoms with Crippen LogP contribution in [0.15, 0.2) is 36.4 Å². The van der Waals surface area contributed by atoms with E-state index in [-0.39, 0.29) is 30.1 Å². The van der Waals surface area contributed by atoms with Crippen molar-refractivity contribution in [1.82, 2.24) is 4.90 Å². The van der Waals surface area contributed by atoms with E-state index in [9.17, 15) is 19.2 Å². The lowest BCUT2D eigenvalue weighted by atomic mass is 9.98. The molecule has 2 N–H and O–H groups in total. The second-order valence-corrected chi connectivity index (χ2v) is 6.84. The van der Waals surface area contributed by atoms with Crippen LogP contribution in [0, 0.1) is 0 Å². The van der Waals surface area contributed by atoms with Gasteiger partial charge in [0.05, 0.1) is 0 Å². The predicted molar refractivity (Wildman–Crippen MR) is 106 cm³/mol. The average molecular weight is 384 g/mol. The Morgan fingerprint density at radius 2 is 1.82 bits per heavy atom. The smallest absolute Gasteiger partial charge is 0.328 e. The van der Waals surface area contributed by atoms with Crippen molar-refractivity contribution in [2.24, 2.45) is 0 Å². The summed E-state index contributed by atoms with van der Waals surface area (Å²) in [5.74, 6) is -1.65. The molecule has 0 spiro atoms. The number of rotatable bonds is 9. The molecule has 7 heteroatoms. The Labute approximate surface area is 163 Å². The van der Waals surface area contributed by atoms with Gasteiger partial charge in [0, 0.05) is 36.9 Å². The standard InChI is InChI=1S/C21H24N2O5/c1-14(2)16-8-6-15(7-11-21(27)28)13-17(16)22-18(24)5-3-4-12-23-19(25)9-10-20(23)26/h6-11,13-14H,3-5,12H2,1-2H3,(H,22,24)(H,27,28)/b11-7+. The van der Waals surface area contributed by atoms with Crippen LogP contribution in [0.2, 0.25) is 0 Å². The van der Waals surface area contributed by atoms with Crippen molar-refractivity contribution >= 4 is 35.5 Å². The largest absolute Gasteiger partial charge is 0.478 e. The maximum absolute atomic E-state index is 12.3. The summed E-state index contributed by atoms with van der Waals surface area (Å²) in [4.78, 5) is 47.1. The van der Waals surface area contributed by atoms with E-state index in [2.05, 4.69) is 5.32 Å². The van der Waals surface area contributed by atoms with Crippen LogP contribution in [0.5, 0.6) is 0 Å². The van der Waals surface area contributed by atoms with Crippen LogP contribution < -0.4 is 5.32 Å². The molecule has 0 aromatic heterocycles. The molecule has 0 radical (unpaired) electrons. The lowest BCUT2D eigenvalue weighted by molar-refractivity contribution is -0.137. The summed E-state index contributed by atoms with van der Waals surface area (Å²) in [6, 6.07) is 5.43. The van der Waals surface area contributed by atoms with Gasteiger partial charge in [-0.25, -0.2) is 4.79 Å². The second-order valence-electron chi connectivity index (χ2n) is 6.84. The number of nitrogens with zero attached hydrogens (tertiary/aromatic N) is 1. The summed E-state index contributed by atoms with van der Waals surface area (Å²) >= 11 is 0. The Kier molecular flexibility index (Phi) is 7.26. The van der Waals surface area contributed by atoms with E-state index in [0.29, 0.717) is 30.6 Å². The number of carbonyl (C=O) groups is 4. The van der Waals surface area contributed by atoms with Crippen molar-refractivity contribution in [3.8, 4) is 0 Å². The molecule has 1 aromatic rings. The Balaban J connectivity index is 1.92. The van der Waals surface area contributed by atoms with Gasteiger partial charge < -0.3 is 10.4 Å². The monoisotopic (exact) mass is 384 g/mol. The van der Waals surface area contributed by atoms with Gasteiger partial charge in [0.1, 0.15) is 0 Å². The van der Waals surface area contributed by atoms with Crippen molar-refractivity contribution in [2.45, 2.75) is 39.0 Å². The zero-order chi connectivity index (χ0) is 20.7. The Hall–Kier alpha value is -3.22. The minimum absolute atomic E-state index is 0.168. The molecule has 0 bridgehead atoms. The fraction of sp³-hybridized carbons (Fsp3) is 0.333. The fourth-order valence-corrected chi connectivity index (χ4v) is 2.88. The number of hydrogen-bond acceptors (Lipinski definition) is 4. The SMILES string of the molecule is CC(C)c1ccc(/C=C/C(=O)O)cc1NC(=O)CCCCN1C(=O)C=CC1=O. The molecule has 1 aliphatic heterocycles. The van der Waals surface area contributed by atoms with E-state index < -0.39 is 5.97 Å². The number of anilines is 1. The summed E-state index contributed by atoms with van der Waals surface area (Å²) in [5, 5.41) is 11.6. The molecule has 0 atom stereocenters. The minimum Gasteiger partial charge on any atom is -0.478 e. The van der Waals surface area contributed by atoms with Crippen LogP contribution in [-0.4, -0.2) is 40.2 Å². The molecule has 0 saturated carbocycles. The maximum atomic E-state index is 12.3. The molecule has 0 aliphatic carbocycles. The maximum Gasteiger partial charge on any atom is 0.328 e. The fourth-order valence-electron chi connectivity index (χ4n) is 2.88. The quantitative estimate of drug-likeness (QED) is 0.387. The molecule has 0 fully saturated rings. The van der Waals surface area contributed by atoms with E-state index >= 15 is 0 Å².